The molecule has 2 N–H and O–H groups in total. The van der Waals surface area contributed by atoms with Crippen molar-refractivity contribution < 1.29 is 29.0 Å². The fraction of sp³-hybridized carbons (Fsp3) is 0.458. The number of aryl methyl sites for hydroxylation is 1. The molecule has 0 bridgehead atoms. The zero-order chi connectivity index (χ0) is 24.4. The molecule has 2 fully saturated rings. The summed E-state index contributed by atoms with van der Waals surface area (Å²) < 4.78 is 10.2. The van der Waals surface area contributed by atoms with E-state index in [2.05, 4.69) is 9.88 Å². The van der Waals surface area contributed by atoms with Crippen LogP contribution < -0.4 is 0 Å². The van der Waals surface area contributed by atoms with Crippen molar-refractivity contribution in [3.8, 4) is 0 Å². The van der Waals surface area contributed by atoms with Crippen LogP contribution in [0.15, 0.2) is 23.1 Å². The number of ether oxygens (including phenoxy) is 2. The number of nitrogens with one attached hydrogen (secondary N) is 1. The Hall–Kier alpha value is -2.95. The summed E-state index contributed by atoms with van der Waals surface area (Å²) in [5, 5.41) is 13.2. The molecule has 4 heterocycles. The van der Waals surface area contributed by atoms with Crippen LogP contribution in [0, 0.1) is 13.8 Å². The van der Waals surface area contributed by atoms with Gasteiger partial charge in [0.1, 0.15) is 11.5 Å². The van der Waals surface area contributed by atoms with Gasteiger partial charge in [-0.05, 0) is 37.3 Å². The molecule has 0 aliphatic carbocycles. The Balaban J connectivity index is 1.69. The van der Waals surface area contributed by atoms with Gasteiger partial charge in [-0.1, -0.05) is 6.07 Å². The van der Waals surface area contributed by atoms with Gasteiger partial charge in [0.05, 0.1) is 31.9 Å². The van der Waals surface area contributed by atoms with E-state index >= 15 is 0 Å². The summed E-state index contributed by atoms with van der Waals surface area (Å²) in [6, 6.07) is 3.04. The van der Waals surface area contributed by atoms with Crippen LogP contribution in [-0.2, 0) is 19.1 Å². The van der Waals surface area contributed by atoms with E-state index in [1.807, 2.05) is 17.5 Å². The molecule has 2 aliphatic rings. The van der Waals surface area contributed by atoms with E-state index in [-0.39, 0.29) is 17.0 Å². The number of likely N-dealkylation sites (tertiary alicyclic amines) is 1. The summed E-state index contributed by atoms with van der Waals surface area (Å²) in [6.07, 6.45) is 0.698. The zero-order valence-corrected chi connectivity index (χ0v) is 20.4. The number of ketones is 1. The van der Waals surface area contributed by atoms with Crippen molar-refractivity contribution in [2.75, 3.05) is 46.5 Å². The summed E-state index contributed by atoms with van der Waals surface area (Å²) in [7, 11) is 1.27. The molecule has 10 heteroatoms. The van der Waals surface area contributed by atoms with Crippen molar-refractivity contribution >= 4 is 34.8 Å². The number of rotatable bonds is 7. The average Bonchev–Trinajstić information content (AvgIpc) is 3.53. The second-order valence-corrected chi connectivity index (χ2v) is 9.41. The minimum Gasteiger partial charge on any atom is -0.507 e. The summed E-state index contributed by atoms with van der Waals surface area (Å²) in [6.45, 7) is 7.65. The van der Waals surface area contributed by atoms with Crippen LogP contribution in [0.5, 0.6) is 0 Å². The lowest BCUT2D eigenvalue weighted by molar-refractivity contribution is -0.140. The van der Waals surface area contributed by atoms with Crippen molar-refractivity contribution in [2.24, 2.45) is 0 Å². The van der Waals surface area contributed by atoms with Gasteiger partial charge in [-0.2, -0.15) is 0 Å². The topological polar surface area (TPSA) is 112 Å². The monoisotopic (exact) mass is 487 g/mol. The van der Waals surface area contributed by atoms with Crippen LogP contribution in [0.2, 0.25) is 0 Å². The highest BCUT2D eigenvalue weighted by molar-refractivity contribution is 7.10. The third-order valence-electron chi connectivity index (χ3n) is 6.39. The number of aromatic amines is 1. The molecule has 2 aromatic rings. The standard InChI is InChI=1S/C24H29N3O6S/c1-14-17(15(2)25-19(14)24(31)32-3)21(28)18-20(16-6-4-13-34-16)27(23(30)22(18)29)8-5-7-26-9-11-33-12-10-26/h4,6,13,20,25,28H,5,7-12H2,1-3H3/t20-/m1/s1. The Morgan fingerprint density at radius 1 is 1.26 bits per heavy atom. The van der Waals surface area contributed by atoms with Crippen molar-refractivity contribution in [1.82, 2.24) is 14.8 Å². The number of methoxy groups -OCH3 is 1. The highest BCUT2D eigenvalue weighted by Crippen LogP contribution is 2.42. The van der Waals surface area contributed by atoms with Crippen molar-refractivity contribution in [1.29, 1.82) is 0 Å². The molecule has 0 spiro atoms. The van der Waals surface area contributed by atoms with Crippen LogP contribution in [0.25, 0.3) is 5.76 Å². The number of aliphatic hydroxyl groups excluding tert-OH is 1. The maximum atomic E-state index is 13.2. The Bertz CT molecular complexity index is 1110. The molecule has 2 saturated heterocycles. The second-order valence-electron chi connectivity index (χ2n) is 8.43. The smallest absolute Gasteiger partial charge is 0.354 e. The molecule has 9 nitrogen and oxygen atoms in total. The molecule has 0 radical (unpaired) electrons. The highest BCUT2D eigenvalue weighted by atomic mass is 32.1. The minimum atomic E-state index is -0.720. The Morgan fingerprint density at radius 3 is 2.65 bits per heavy atom. The highest BCUT2D eigenvalue weighted by Gasteiger charge is 2.46. The van der Waals surface area contributed by atoms with Gasteiger partial charge in [0, 0.05) is 42.3 Å². The summed E-state index contributed by atoms with van der Waals surface area (Å²) >= 11 is 1.43. The molecule has 2 aromatic heterocycles. The quantitative estimate of drug-likeness (QED) is 0.267. The number of aromatic nitrogens is 1. The first kappa shape index (κ1) is 24.2. The van der Waals surface area contributed by atoms with Gasteiger partial charge in [0.15, 0.2) is 0 Å². The molecule has 34 heavy (non-hydrogen) atoms. The van der Waals surface area contributed by atoms with Gasteiger partial charge >= 0.3 is 5.97 Å². The number of hydrogen-bond donors (Lipinski definition) is 2. The van der Waals surface area contributed by atoms with Gasteiger partial charge in [-0.15, -0.1) is 11.3 Å². The molecule has 4 rings (SSSR count). The Morgan fingerprint density at radius 2 is 2.00 bits per heavy atom. The number of amides is 1. The first-order chi connectivity index (χ1) is 16.3. The van der Waals surface area contributed by atoms with E-state index in [1.54, 1.807) is 18.7 Å². The van der Waals surface area contributed by atoms with Gasteiger partial charge in [-0.25, -0.2) is 4.79 Å². The third-order valence-corrected chi connectivity index (χ3v) is 7.32. The number of carbonyl (C=O) groups excluding carboxylic acids is 3. The number of thiophene rings is 1. The second kappa shape index (κ2) is 10.1. The predicted molar refractivity (Wildman–Crippen MR) is 127 cm³/mol. The summed E-state index contributed by atoms with van der Waals surface area (Å²) in [5.41, 5.74) is 1.56. The van der Waals surface area contributed by atoms with E-state index in [4.69, 9.17) is 9.47 Å². The van der Waals surface area contributed by atoms with E-state index in [0.717, 1.165) is 24.5 Å². The summed E-state index contributed by atoms with van der Waals surface area (Å²) in [4.78, 5) is 46.0. The number of H-pyrrole nitrogens is 1. The van der Waals surface area contributed by atoms with Gasteiger partial charge in [-0.3, -0.25) is 14.5 Å². The number of Topliss-reactive ketones (excluding diaryl/α,β-unsaturated/α-hetero) is 1. The van der Waals surface area contributed by atoms with E-state index < -0.39 is 23.7 Å². The molecule has 0 aromatic carbocycles. The SMILES string of the molecule is COC(=O)c1[nH]c(C)c(C(O)=C2C(=O)C(=O)N(CCCN3CCOCC3)[C@@H]2c2cccs2)c1C. The predicted octanol–water partition coefficient (Wildman–Crippen LogP) is 2.62. The number of morpholine rings is 1. The zero-order valence-electron chi connectivity index (χ0n) is 19.6. The van der Waals surface area contributed by atoms with Crippen LogP contribution in [0.4, 0.5) is 0 Å². The largest absolute Gasteiger partial charge is 0.507 e. The number of esters is 1. The molecular formula is C24H29N3O6S. The average molecular weight is 488 g/mol. The van der Waals surface area contributed by atoms with E-state index in [0.29, 0.717) is 43.0 Å². The Kier molecular flexibility index (Phi) is 7.20. The maximum absolute atomic E-state index is 13.2. The fourth-order valence-corrected chi connectivity index (χ4v) is 5.53. The molecule has 182 valence electrons. The lowest BCUT2D eigenvalue weighted by Gasteiger charge is -2.28. The summed E-state index contributed by atoms with van der Waals surface area (Å²) in [5.74, 6) is -2.20. The van der Waals surface area contributed by atoms with Crippen LogP contribution in [-0.4, -0.2) is 84.1 Å². The van der Waals surface area contributed by atoms with E-state index in [1.165, 1.54) is 18.4 Å². The first-order valence-corrected chi connectivity index (χ1v) is 12.1. The van der Waals surface area contributed by atoms with Gasteiger partial charge in [0.2, 0.25) is 0 Å². The first-order valence-electron chi connectivity index (χ1n) is 11.2. The molecule has 2 aliphatic heterocycles. The molecular weight excluding hydrogens is 458 g/mol. The van der Waals surface area contributed by atoms with Crippen LogP contribution in [0.1, 0.15) is 44.6 Å². The molecule has 1 amide bonds. The number of nitrogens with zero attached hydrogens (tertiary/aromatic N) is 2. The lowest BCUT2D eigenvalue weighted by Crippen LogP contribution is -2.38. The fourth-order valence-electron chi connectivity index (χ4n) is 4.69. The Labute approximate surface area is 202 Å². The number of hydrogen-bond acceptors (Lipinski definition) is 8. The molecule has 1 atom stereocenters. The minimum absolute atomic E-state index is 0.0421. The maximum Gasteiger partial charge on any atom is 0.354 e. The normalized spacial score (nSPS) is 20.8. The van der Waals surface area contributed by atoms with Crippen molar-refractivity contribution in [2.45, 2.75) is 26.3 Å². The number of aliphatic hydroxyl groups is 1. The van der Waals surface area contributed by atoms with E-state index in [9.17, 15) is 19.5 Å². The molecule has 0 saturated carbocycles. The van der Waals surface area contributed by atoms with Gasteiger partial charge < -0.3 is 24.5 Å². The lowest BCUT2D eigenvalue weighted by atomic mass is 9.97. The molecule has 0 unspecified atom stereocenters. The van der Waals surface area contributed by atoms with Crippen molar-refractivity contribution in [3.63, 3.8) is 0 Å². The van der Waals surface area contributed by atoms with Crippen LogP contribution >= 0.6 is 11.3 Å². The number of carbonyl (C=O) groups is 3. The van der Waals surface area contributed by atoms with Crippen LogP contribution in [0.3, 0.4) is 0 Å². The van der Waals surface area contributed by atoms with Gasteiger partial charge in [0.25, 0.3) is 11.7 Å². The third kappa shape index (κ3) is 4.40. The van der Waals surface area contributed by atoms with Crippen molar-refractivity contribution in [3.05, 3.63) is 50.5 Å².